The summed E-state index contributed by atoms with van der Waals surface area (Å²) in [4.78, 5) is 22.5. The van der Waals surface area contributed by atoms with E-state index >= 15 is 0 Å². The van der Waals surface area contributed by atoms with Gasteiger partial charge in [0.25, 0.3) is 5.56 Å². The van der Waals surface area contributed by atoms with Gasteiger partial charge in [-0.2, -0.15) is 0 Å². The van der Waals surface area contributed by atoms with E-state index < -0.39 is 17.1 Å². The van der Waals surface area contributed by atoms with Gasteiger partial charge < -0.3 is 24.3 Å². The number of nitrogens with zero attached hydrogens (tertiary/aromatic N) is 1. The number of nitrogens with one attached hydrogen (secondary N) is 1. The molecule has 0 saturated carbocycles. The minimum Gasteiger partial charge on any atom is -0.497 e. The van der Waals surface area contributed by atoms with Crippen LogP contribution in [0.1, 0.15) is 51.9 Å². The molecule has 1 aliphatic heterocycles. The number of para-hydroxylation sites is 1. The van der Waals surface area contributed by atoms with Crippen molar-refractivity contribution in [3.63, 3.8) is 0 Å². The third kappa shape index (κ3) is 3.71. The summed E-state index contributed by atoms with van der Waals surface area (Å²) in [6.07, 6.45) is 0. The van der Waals surface area contributed by atoms with Gasteiger partial charge in [-0.3, -0.25) is 4.79 Å². The molecule has 0 radical (unpaired) electrons. The molecule has 2 N–H and O–H groups in total. The first-order valence-electron chi connectivity index (χ1n) is 14.4. The smallest absolute Gasteiger partial charge is 0.255 e. The van der Waals surface area contributed by atoms with Crippen molar-refractivity contribution in [2.45, 2.75) is 37.9 Å². The largest absolute Gasteiger partial charge is 0.497 e. The van der Waals surface area contributed by atoms with E-state index in [1.54, 1.807) is 7.11 Å². The summed E-state index contributed by atoms with van der Waals surface area (Å²) in [5.74, 6) is 1.46. The number of rotatable bonds is 6. The lowest BCUT2D eigenvalue weighted by molar-refractivity contribution is -0.0906. The van der Waals surface area contributed by atoms with Crippen LogP contribution in [0.15, 0.2) is 95.8 Å². The Labute approximate surface area is 249 Å². The van der Waals surface area contributed by atoms with E-state index in [-0.39, 0.29) is 11.3 Å². The second-order valence-corrected chi connectivity index (χ2v) is 11.2. The number of ether oxygens (including phenoxy) is 3. The number of aromatic nitrogens is 2. The summed E-state index contributed by atoms with van der Waals surface area (Å²) in [5, 5.41) is 13.4. The Morgan fingerprint density at radius 1 is 0.977 bits per heavy atom. The fourth-order valence-corrected chi connectivity index (χ4v) is 7.09. The number of hydrogen-bond donors (Lipinski definition) is 2. The van der Waals surface area contributed by atoms with E-state index in [1.807, 2.05) is 112 Å². The standard InChI is InChI=1S/C36H32N2O5/c1-5-42-27-14-10-9-13-26(27)33-37-32-29(34(39)38-33)31(23-11-7-6-8-12-23)36(24-15-17-25(41-4)18-16-24)35(32,40)30-22(3)19-21(2)20-28(30)43-36/h6-20,31,40H,5H2,1-4H3,(H,37,38,39)/t31-,35+,36+/m1/s1. The van der Waals surface area contributed by atoms with Gasteiger partial charge in [-0.1, -0.05) is 60.7 Å². The Balaban J connectivity index is 1.61. The highest BCUT2D eigenvalue weighted by Crippen LogP contribution is 2.68. The van der Waals surface area contributed by atoms with Gasteiger partial charge in [0, 0.05) is 11.1 Å². The quantitative estimate of drug-likeness (QED) is 0.254. The maximum Gasteiger partial charge on any atom is 0.255 e. The van der Waals surface area contributed by atoms with Gasteiger partial charge in [-0.25, -0.2) is 4.98 Å². The number of fused-ring (bicyclic) bond motifs is 5. The highest BCUT2D eigenvalue weighted by atomic mass is 16.5. The van der Waals surface area contributed by atoms with Crippen molar-refractivity contribution >= 4 is 0 Å². The van der Waals surface area contributed by atoms with Crippen LogP contribution < -0.4 is 19.8 Å². The fourth-order valence-electron chi connectivity index (χ4n) is 7.09. The monoisotopic (exact) mass is 572 g/mol. The SMILES string of the molecule is CCOc1ccccc1-c1nc2c(c(=O)[nH]1)[C@@H](c1ccccc1)[C@]1(c3ccc(OC)cc3)Oc3cc(C)cc(C)c3[C@]21O. The molecule has 0 spiro atoms. The van der Waals surface area contributed by atoms with Crippen molar-refractivity contribution in [1.29, 1.82) is 0 Å². The first-order valence-corrected chi connectivity index (χ1v) is 14.4. The van der Waals surface area contributed by atoms with E-state index in [0.717, 1.165) is 16.7 Å². The molecule has 7 nitrogen and oxygen atoms in total. The summed E-state index contributed by atoms with van der Waals surface area (Å²) in [5.41, 5.74) is 1.67. The third-order valence-corrected chi connectivity index (χ3v) is 8.70. The number of hydrogen-bond acceptors (Lipinski definition) is 6. The maximum absolute atomic E-state index is 14.3. The molecule has 2 heterocycles. The van der Waals surface area contributed by atoms with Crippen molar-refractivity contribution in [1.82, 2.24) is 9.97 Å². The van der Waals surface area contributed by atoms with Crippen LogP contribution in [-0.2, 0) is 11.2 Å². The molecule has 43 heavy (non-hydrogen) atoms. The predicted molar refractivity (Wildman–Crippen MR) is 164 cm³/mol. The van der Waals surface area contributed by atoms with Crippen LogP contribution in [-0.4, -0.2) is 28.8 Å². The summed E-state index contributed by atoms with van der Waals surface area (Å²) in [7, 11) is 1.61. The molecule has 0 bridgehead atoms. The van der Waals surface area contributed by atoms with Gasteiger partial charge in [0.15, 0.2) is 11.2 Å². The van der Waals surface area contributed by atoms with Crippen molar-refractivity contribution in [2.75, 3.05) is 13.7 Å². The van der Waals surface area contributed by atoms with Crippen LogP contribution in [0.3, 0.4) is 0 Å². The molecule has 1 aliphatic carbocycles. The number of H-pyrrole nitrogens is 1. The lowest BCUT2D eigenvalue weighted by Crippen LogP contribution is -2.49. The number of methoxy groups -OCH3 is 1. The molecular formula is C36H32N2O5. The molecule has 0 saturated heterocycles. The molecule has 2 aliphatic rings. The fraction of sp³-hybridized carbons (Fsp3) is 0.222. The average molecular weight is 573 g/mol. The molecular weight excluding hydrogens is 540 g/mol. The Bertz CT molecular complexity index is 1920. The Morgan fingerprint density at radius 2 is 1.70 bits per heavy atom. The van der Waals surface area contributed by atoms with E-state index in [0.29, 0.717) is 51.9 Å². The molecule has 0 fully saturated rings. The molecule has 5 aromatic rings. The van der Waals surface area contributed by atoms with Gasteiger partial charge >= 0.3 is 0 Å². The highest BCUT2D eigenvalue weighted by Gasteiger charge is 2.73. The van der Waals surface area contributed by atoms with Crippen molar-refractivity contribution in [3.05, 3.63) is 140 Å². The van der Waals surface area contributed by atoms with Crippen LogP contribution in [0.25, 0.3) is 11.4 Å². The van der Waals surface area contributed by atoms with Gasteiger partial charge in [-0.15, -0.1) is 0 Å². The average Bonchev–Trinajstić information content (AvgIpc) is 3.40. The number of aliphatic hydroxyl groups is 1. The highest BCUT2D eigenvalue weighted by molar-refractivity contribution is 5.69. The summed E-state index contributed by atoms with van der Waals surface area (Å²) >= 11 is 0. The Kier molecular flexibility index (Phi) is 6.18. The zero-order valence-corrected chi connectivity index (χ0v) is 24.5. The zero-order chi connectivity index (χ0) is 29.9. The molecule has 3 atom stereocenters. The molecule has 7 rings (SSSR count). The van der Waals surface area contributed by atoms with Gasteiger partial charge in [0.2, 0.25) is 0 Å². The first-order chi connectivity index (χ1) is 20.8. The topological polar surface area (TPSA) is 93.7 Å². The van der Waals surface area contributed by atoms with E-state index in [4.69, 9.17) is 19.2 Å². The molecule has 7 heteroatoms. The van der Waals surface area contributed by atoms with Crippen molar-refractivity contribution < 1.29 is 19.3 Å². The summed E-state index contributed by atoms with van der Waals surface area (Å²) < 4.78 is 18.4. The van der Waals surface area contributed by atoms with Crippen LogP contribution in [0.4, 0.5) is 0 Å². The zero-order valence-electron chi connectivity index (χ0n) is 24.5. The number of aryl methyl sites for hydroxylation is 2. The molecule has 0 amide bonds. The van der Waals surface area contributed by atoms with Crippen LogP contribution in [0.2, 0.25) is 0 Å². The third-order valence-electron chi connectivity index (χ3n) is 8.70. The molecule has 1 aromatic heterocycles. The van der Waals surface area contributed by atoms with Gasteiger partial charge in [0.1, 0.15) is 23.1 Å². The summed E-state index contributed by atoms with van der Waals surface area (Å²) in [6.45, 7) is 6.32. The number of benzene rings is 4. The van der Waals surface area contributed by atoms with E-state index in [9.17, 15) is 9.90 Å². The van der Waals surface area contributed by atoms with Crippen LogP contribution in [0, 0.1) is 13.8 Å². The molecule has 0 unspecified atom stereocenters. The molecule has 4 aromatic carbocycles. The molecule has 216 valence electrons. The lowest BCUT2D eigenvalue weighted by Gasteiger charge is -2.40. The van der Waals surface area contributed by atoms with Gasteiger partial charge in [-0.05, 0) is 67.8 Å². The number of aromatic amines is 1. The first kappa shape index (κ1) is 27.0. The van der Waals surface area contributed by atoms with Gasteiger partial charge in [0.05, 0.1) is 36.5 Å². The van der Waals surface area contributed by atoms with Crippen molar-refractivity contribution in [3.8, 4) is 28.6 Å². The Morgan fingerprint density at radius 3 is 2.42 bits per heavy atom. The minimum absolute atomic E-state index is 0.271. The Hall–Kier alpha value is -4.88. The minimum atomic E-state index is -1.81. The summed E-state index contributed by atoms with van der Waals surface area (Å²) in [6, 6.07) is 28.6. The maximum atomic E-state index is 14.3. The van der Waals surface area contributed by atoms with Crippen LogP contribution in [0.5, 0.6) is 17.2 Å². The van der Waals surface area contributed by atoms with E-state index in [1.165, 1.54) is 0 Å². The van der Waals surface area contributed by atoms with E-state index in [2.05, 4.69) is 4.98 Å². The predicted octanol–water partition coefficient (Wildman–Crippen LogP) is 6.13. The lowest BCUT2D eigenvalue weighted by atomic mass is 9.69. The second-order valence-electron chi connectivity index (χ2n) is 11.2. The normalized spacial score (nSPS) is 21.5. The van der Waals surface area contributed by atoms with Crippen molar-refractivity contribution in [2.24, 2.45) is 0 Å². The second kappa shape index (κ2) is 9.85. The van der Waals surface area contributed by atoms with Crippen LogP contribution >= 0.6 is 0 Å².